The van der Waals surface area contributed by atoms with E-state index in [0.717, 1.165) is 11.1 Å². The summed E-state index contributed by atoms with van der Waals surface area (Å²) in [6.45, 7) is 4.31. The topological polar surface area (TPSA) is 105 Å². The van der Waals surface area contributed by atoms with Gasteiger partial charge in [0.15, 0.2) is 0 Å². The quantitative estimate of drug-likeness (QED) is 0.562. The van der Waals surface area contributed by atoms with Gasteiger partial charge in [-0.3, -0.25) is 4.79 Å². The summed E-state index contributed by atoms with van der Waals surface area (Å²) < 4.78 is 7.32. The molecule has 0 saturated heterocycles. The summed E-state index contributed by atoms with van der Waals surface area (Å²) in [4.78, 5) is 24.7. The van der Waals surface area contributed by atoms with E-state index in [1.807, 2.05) is 50.2 Å². The van der Waals surface area contributed by atoms with Crippen molar-refractivity contribution in [3.8, 4) is 5.75 Å². The number of hydrogen-bond acceptors (Lipinski definition) is 5. The zero-order valence-electron chi connectivity index (χ0n) is 17.1. The molecule has 1 unspecified atom stereocenters. The Morgan fingerprint density at radius 2 is 1.94 bits per heavy atom. The van der Waals surface area contributed by atoms with Crippen molar-refractivity contribution in [1.29, 1.82) is 0 Å². The van der Waals surface area contributed by atoms with Gasteiger partial charge in [0.25, 0.3) is 5.91 Å². The zero-order valence-corrected chi connectivity index (χ0v) is 17.1. The van der Waals surface area contributed by atoms with Crippen LogP contribution in [0, 0.1) is 6.92 Å². The van der Waals surface area contributed by atoms with Crippen LogP contribution < -0.4 is 15.4 Å². The first kappa shape index (κ1) is 20.2. The first-order chi connectivity index (χ1) is 15.0. The Balaban J connectivity index is 1.73. The van der Waals surface area contributed by atoms with E-state index in [-0.39, 0.29) is 17.2 Å². The van der Waals surface area contributed by atoms with Crippen LogP contribution in [-0.2, 0) is 4.79 Å². The lowest BCUT2D eigenvalue weighted by Crippen LogP contribution is -2.26. The molecule has 158 valence electrons. The highest BCUT2D eigenvalue weighted by Crippen LogP contribution is 2.36. The number of fused-ring (bicyclic) bond motifs is 1. The number of carboxylic acids is 1. The molecule has 2 heterocycles. The Hall–Kier alpha value is -4.07. The number of amides is 1. The van der Waals surface area contributed by atoms with Crippen molar-refractivity contribution in [3.05, 3.63) is 83.2 Å². The van der Waals surface area contributed by atoms with E-state index in [4.69, 9.17) is 4.74 Å². The molecule has 1 aliphatic heterocycles. The number of aryl methyl sites for hydroxylation is 1. The van der Waals surface area contributed by atoms with Crippen LogP contribution in [0.1, 0.15) is 34.5 Å². The summed E-state index contributed by atoms with van der Waals surface area (Å²) in [5.74, 6) is -0.580. The Labute approximate surface area is 179 Å². The van der Waals surface area contributed by atoms with Crippen molar-refractivity contribution >= 4 is 23.4 Å². The van der Waals surface area contributed by atoms with E-state index in [1.165, 1.54) is 6.20 Å². The summed E-state index contributed by atoms with van der Waals surface area (Å²) in [6, 6.07) is 14.2. The van der Waals surface area contributed by atoms with E-state index in [2.05, 4.69) is 15.7 Å². The lowest BCUT2D eigenvalue weighted by atomic mass is 10.0. The molecule has 1 atom stereocenters. The minimum Gasteiger partial charge on any atom is -0.494 e. The SMILES string of the molecule is CCOc1ccccc1C1C=C(C(=O)O)Nc2c(C(=O)Nc3ccc(C)cc3)cnn21. The third-order valence-corrected chi connectivity index (χ3v) is 4.96. The third-order valence-electron chi connectivity index (χ3n) is 4.96. The highest BCUT2D eigenvalue weighted by atomic mass is 16.5. The van der Waals surface area contributed by atoms with Crippen LogP contribution in [0.3, 0.4) is 0 Å². The normalized spacial score (nSPS) is 14.8. The molecule has 1 aromatic heterocycles. The number of carbonyl (C=O) groups is 2. The average Bonchev–Trinajstić information content (AvgIpc) is 3.19. The van der Waals surface area contributed by atoms with Crippen LogP contribution >= 0.6 is 0 Å². The van der Waals surface area contributed by atoms with Gasteiger partial charge in [-0.05, 0) is 38.1 Å². The van der Waals surface area contributed by atoms with Crippen LogP contribution in [0.25, 0.3) is 0 Å². The monoisotopic (exact) mass is 418 g/mol. The zero-order chi connectivity index (χ0) is 22.0. The summed E-state index contributed by atoms with van der Waals surface area (Å²) in [7, 11) is 0. The summed E-state index contributed by atoms with van der Waals surface area (Å²) in [5, 5.41) is 19.7. The Morgan fingerprint density at radius 3 is 2.65 bits per heavy atom. The summed E-state index contributed by atoms with van der Waals surface area (Å²) >= 11 is 0. The highest BCUT2D eigenvalue weighted by Gasteiger charge is 2.30. The summed E-state index contributed by atoms with van der Waals surface area (Å²) in [6.07, 6.45) is 2.99. The van der Waals surface area contributed by atoms with Gasteiger partial charge < -0.3 is 20.5 Å². The molecule has 3 N–H and O–H groups in total. The first-order valence-electron chi connectivity index (χ1n) is 9.87. The molecule has 0 bridgehead atoms. The van der Waals surface area contributed by atoms with Gasteiger partial charge in [-0.2, -0.15) is 5.10 Å². The fourth-order valence-electron chi connectivity index (χ4n) is 3.46. The molecule has 0 saturated carbocycles. The number of nitrogens with one attached hydrogen (secondary N) is 2. The summed E-state index contributed by atoms with van der Waals surface area (Å²) in [5.41, 5.74) is 2.67. The van der Waals surface area contributed by atoms with E-state index < -0.39 is 12.0 Å². The standard InChI is InChI=1S/C23H22N4O4/c1-3-31-20-7-5-4-6-16(20)19-12-18(23(29)30)26-21-17(13-24-27(19)21)22(28)25-15-10-8-14(2)9-11-15/h4-13,19,26H,3H2,1-2H3,(H,25,28)(H,29,30). The van der Waals surface area contributed by atoms with E-state index >= 15 is 0 Å². The molecule has 3 aromatic rings. The molecule has 2 aromatic carbocycles. The maximum atomic E-state index is 12.9. The minimum absolute atomic E-state index is 0.0336. The van der Waals surface area contributed by atoms with E-state index in [9.17, 15) is 14.7 Å². The van der Waals surface area contributed by atoms with Crippen LogP contribution in [0.4, 0.5) is 11.5 Å². The number of nitrogens with zero attached hydrogens (tertiary/aromatic N) is 2. The van der Waals surface area contributed by atoms with Gasteiger partial charge in [0, 0.05) is 11.3 Å². The molecule has 8 nitrogen and oxygen atoms in total. The number of ether oxygens (including phenoxy) is 1. The maximum absolute atomic E-state index is 12.9. The Bertz CT molecular complexity index is 1160. The predicted octanol–water partition coefficient (Wildman–Crippen LogP) is 3.83. The smallest absolute Gasteiger partial charge is 0.352 e. The number of carboxylic acid groups (broad SMARTS) is 1. The second kappa shape index (κ2) is 8.35. The van der Waals surface area contributed by atoms with E-state index in [1.54, 1.807) is 22.9 Å². The highest BCUT2D eigenvalue weighted by molar-refractivity contribution is 6.08. The molecule has 1 aliphatic rings. The lowest BCUT2D eigenvalue weighted by Gasteiger charge is -2.25. The number of aliphatic carboxylic acids is 1. The Kier molecular flexibility index (Phi) is 5.44. The van der Waals surface area contributed by atoms with Gasteiger partial charge >= 0.3 is 5.97 Å². The number of carbonyl (C=O) groups excluding carboxylic acids is 1. The van der Waals surface area contributed by atoms with Crippen LogP contribution in [0.15, 0.2) is 66.5 Å². The molecule has 0 spiro atoms. The fourth-order valence-corrected chi connectivity index (χ4v) is 3.46. The number of hydrogen-bond donors (Lipinski definition) is 3. The second-order valence-corrected chi connectivity index (χ2v) is 7.10. The van der Waals surface area contributed by atoms with Gasteiger partial charge in [0.05, 0.1) is 12.8 Å². The van der Waals surface area contributed by atoms with Crippen molar-refractivity contribution in [3.63, 3.8) is 0 Å². The molecule has 8 heteroatoms. The number of aromatic nitrogens is 2. The molecular weight excluding hydrogens is 396 g/mol. The Morgan fingerprint density at radius 1 is 1.19 bits per heavy atom. The fraction of sp³-hybridized carbons (Fsp3) is 0.174. The lowest BCUT2D eigenvalue weighted by molar-refractivity contribution is -0.132. The van der Waals surface area contributed by atoms with Crippen molar-refractivity contribution < 1.29 is 19.4 Å². The van der Waals surface area contributed by atoms with Crippen molar-refractivity contribution in [2.24, 2.45) is 0 Å². The molecule has 0 fully saturated rings. The number of benzene rings is 2. The van der Waals surface area contributed by atoms with Gasteiger partial charge in [-0.25, -0.2) is 9.48 Å². The maximum Gasteiger partial charge on any atom is 0.352 e. The average molecular weight is 418 g/mol. The van der Waals surface area contributed by atoms with Crippen molar-refractivity contribution in [1.82, 2.24) is 9.78 Å². The van der Waals surface area contributed by atoms with Crippen LogP contribution in [0.2, 0.25) is 0 Å². The molecular formula is C23H22N4O4. The largest absolute Gasteiger partial charge is 0.494 e. The predicted molar refractivity (Wildman–Crippen MR) is 116 cm³/mol. The van der Waals surface area contributed by atoms with E-state index in [0.29, 0.717) is 23.9 Å². The minimum atomic E-state index is -1.13. The van der Waals surface area contributed by atoms with Crippen LogP contribution in [0.5, 0.6) is 5.75 Å². The number of rotatable bonds is 6. The third kappa shape index (κ3) is 4.00. The van der Waals surface area contributed by atoms with Crippen molar-refractivity contribution in [2.45, 2.75) is 19.9 Å². The number of allylic oxidation sites excluding steroid dienone is 1. The second-order valence-electron chi connectivity index (χ2n) is 7.10. The molecule has 0 radical (unpaired) electrons. The van der Waals surface area contributed by atoms with Gasteiger partial charge in [-0.1, -0.05) is 35.9 Å². The molecule has 31 heavy (non-hydrogen) atoms. The van der Waals surface area contributed by atoms with Crippen LogP contribution in [-0.4, -0.2) is 33.4 Å². The number of anilines is 2. The van der Waals surface area contributed by atoms with Gasteiger partial charge in [0.2, 0.25) is 0 Å². The van der Waals surface area contributed by atoms with Crippen molar-refractivity contribution in [2.75, 3.05) is 17.2 Å². The molecule has 1 amide bonds. The molecule has 0 aliphatic carbocycles. The first-order valence-corrected chi connectivity index (χ1v) is 9.87. The molecule has 4 rings (SSSR count). The van der Waals surface area contributed by atoms with Gasteiger partial charge in [-0.15, -0.1) is 0 Å². The number of para-hydroxylation sites is 1. The van der Waals surface area contributed by atoms with Gasteiger partial charge in [0.1, 0.15) is 28.9 Å².